The number of thioether (sulfide) groups is 1. The number of carbonyl (C=O) groups excluding carboxylic acids is 1. The van der Waals surface area contributed by atoms with Gasteiger partial charge in [0.25, 0.3) is 0 Å². The van der Waals surface area contributed by atoms with Crippen LogP contribution in [0.2, 0.25) is 0 Å². The van der Waals surface area contributed by atoms with Gasteiger partial charge in [0.2, 0.25) is 5.91 Å². The molecule has 0 radical (unpaired) electrons. The minimum Gasteiger partial charge on any atom is -0.355 e. The first-order chi connectivity index (χ1) is 8.26. The van der Waals surface area contributed by atoms with Gasteiger partial charge in [-0.15, -0.1) is 11.8 Å². The number of nitrogens with one attached hydrogen (secondary N) is 1. The highest BCUT2D eigenvalue weighted by atomic mass is 32.2. The van der Waals surface area contributed by atoms with Crippen LogP contribution in [0.5, 0.6) is 0 Å². The van der Waals surface area contributed by atoms with Crippen molar-refractivity contribution in [2.75, 3.05) is 12.3 Å². The SMILES string of the molecule is CCC(CC)CNC(=O)CSc1ccncc1. The van der Waals surface area contributed by atoms with Crippen LogP contribution in [0.3, 0.4) is 0 Å². The molecular formula is C13H20N2OS. The Morgan fingerprint density at radius 3 is 2.59 bits per heavy atom. The molecule has 17 heavy (non-hydrogen) atoms. The summed E-state index contributed by atoms with van der Waals surface area (Å²) in [5, 5.41) is 2.98. The van der Waals surface area contributed by atoms with Crippen molar-refractivity contribution >= 4 is 17.7 Å². The van der Waals surface area contributed by atoms with E-state index in [1.54, 1.807) is 24.2 Å². The van der Waals surface area contributed by atoms with Gasteiger partial charge in [-0.25, -0.2) is 0 Å². The summed E-state index contributed by atoms with van der Waals surface area (Å²) in [5.74, 6) is 1.19. The zero-order chi connectivity index (χ0) is 12.5. The lowest BCUT2D eigenvalue weighted by Gasteiger charge is -2.12. The second-order valence-electron chi connectivity index (χ2n) is 3.96. The fraction of sp³-hybridized carbons (Fsp3) is 0.538. The number of pyridine rings is 1. The molecule has 0 unspecified atom stereocenters. The quantitative estimate of drug-likeness (QED) is 0.759. The van der Waals surface area contributed by atoms with Crippen LogP contribution in [0.1, 0.15) is 26.7 Å². The van der Waals surface area contributed by atoms with E-state index in [2.05, 4.69) is 24.1 Å². The minimum atomic E-state index is 0.110. The first-order valence-electron chi connectivity index (χ1n) is 6.05. The van der Waals surface area contributed by atoms with Gasteiger partial charge in [-0.05, 0) is 18.1 Å². The molecule has 0 aliphatic carbocycles. The molecule has 3 nitrogen and oxygen atoms in total. The van der Waals surface area contributed by atoms with Crippen molar-refractivity contribution in [2.45, 2.75) is 31.6 Å². The van der Waals surface area contributed by atoms with Gasteiger partial charge in [-0.2, -0.15) is 0 Å². The highest BCUT2D eigenvalue weighted by Crippen LogP contribution is 2.15. The maximum atomic E-state index is 11.6. The predicted octanol–water partition coefficient (Wildman–Crippen LogP) is 2.73. The Kier molecular flexibility index (Phi) is 6.70. The van der Waals surface area contributed by atoms with Crippen molar-refractivity contribution < 1.29 is 4.79 Å². The number of aromatic nitrogens is 1. The van der Waals surface area contributed by atoms with Crippen molar-refractivity contribution in [1.29, 1.82) is 0 Å². The fourth-order valence-electron chi connectivity index (χ4n) is 1.47. The lowest BCUT2D eigenvalue weighted by atomic mass is 10.0. The minimum absolute atomic E-state index is 0.110. The molecule has 0 atom stereocenters. The fourth-order valence-corrected chi connectivity index (χ4v) is 2.18. The molecule has 0 aliphatic heterocycles. The van der Waals surface area contributed by atoms with E-state index >= 15 is 0 Å². The Morgan fingerprint density at radius 2 is 2.00 bits per heavy atom. The molecule has 4 heteroatoms. The van der Waals surface area contributed by atoms with Crippen LogP contribution in [0.4, 0.5) is 0 Å². The molecule has 0 saturated heterocycles. The molecule has 1 aromatic heterocycles. The molecule has 0 bridgehead atoms. The monoisotopic (exact) mass is 252 g/mol. The number of carbonyl (C=O) groups is 1. The molecule has 0 saturated carbocycles. The summed E-state index contributed by atoms with van der Waals surface area (Å²) in [6.07, 6.45) is 5.72. The number of hydrogen-bond acceptors (Lipinski definition) is 3. The zero-order valence-electron chi connectivity index (χ0n) is 10.5. The van der Waals surface area contributed by atoms with Crippen LogP contribution in [-0.4, -0.2) is 23.2 Å². The molecule has 94 valence electrons. The van der Waals surface area contributed by atoms with Gasteiger partial charge in [0.1, 0.15) is 0 Å². The number of amides is 1. The maximum absolute atomic E-state index is 11.6. The van der Waals surface area contributed by atoms with E-state index in [1.807, 2.05) is 12.1 Å². The molecule has 0 aliphatic rings. The molecule has 1 heterocycles. The lowest BCUT2D eigenvalue weighted by molar-refractivity contribution is -0.118. The molecule has 0 spiro atoms. The van der Waals surface area contributed by atoms with E-state index in [1.165, 1.54) is 0 Å². The third-order valence-electron chi connectivity index (χ3n) is 2.76. The van der Waals surface area contributed by atoms with Gasteiger partial charge < -0.3 is 5.32 Å². The predicted molar refractivity (Wildman–Crippen MR) is 72.0 cm³/mol. The smallest absolute Gasteiger partial charge is 0.230 e. The van der Waals surface area contributed by atoms with E-state index in [0.717, 1.165) is 24.3 Å². The van der Waals surface area contributed by atoms with E-state index in [0.29, 0.717) is 11.7 Å². The summed E-state index contributed by atoms with van der Waals surface area (Å²) in [6, 6.07) is 3.83. The van der Waals surface area contributed by atoms with Crippen molar-refractivity contribution in [1.82, 2.24) is 10.3 Å². The van der Waals surface area contributed by atoms with Crippen LogP contribution < -0.4 is 5.32 Å². The number of hydrogen-bond donors (Lipinski definition) is 1. The van der Waals surface area contributed by atoms with Gasteiger partial charge in [0.05, 0.1) is 5.75 Å². The Labute approximate surface area is 107 Å². The molecule has 0 fully saturated rings. The van der Waals surface area contributed by atoms with E-state index < -0.39 is 0 Å². The largest absolute Gasteiger partial charge is 0.355 e. The second-order valence-corrected chi connectivity index (χ2v) is 5.01. The highest BCUT2D eigenvalue weighted by molar-refractivity contribution is 8.00. The van der Waals surface area contributed by atoms with Crippen LogP contribution in [0.15, 0.2) is 29.4 Å². The average molecular weight is 252 g/mol. The van der Waals surface area contributed by atoms with Gasteiger partial charge >= 0.3 is 0 Å². The Morgan fingerprint density at radius 1 is 1.35 bits per heavy atom. The van der Waals surface area contributed by atoms with Crippen LogP contribution >= 0.6 is 11.8 Å². The van der Waals surface area contributed by atoms with Gasteiger partial charge in [0, 0.05) is 23.8 Å². The number of rotatable bonds is 7. The van der Waals surface area contributed by atoms with Gasteiger partial charge in [0.15, 0.2) is 0 Å². The summed E-state index contributed by atoms with van der Waals surface area (Å²) < 4.78 is 0. The van der Waals surface area contributed by atoms with Gasteiger partial charge in [-0.1, -0.05) is 26.7 Å². The molecule has 0 aromatic carbocycles. The summed E-state index contributed by atoms with van der Waals surface area (Å²) in [7, 11) is 0. The van der Waals surface area contributed by atoms with E-state index in [-0.39, 0.29) is 5.91 Å². The van der Waals surface area contributed by atoms with Crippen molar-refractivity contribution in [3.63, 3.8) is 0 Å². The van der Waals surface area contributed by atoms with Crippen molar-refractivity contribution in [2.24, 2.45) is 5.92 Å². The maximum Gasteiger partial charge on any atom is 0.230 e. The third-order valence-corrected chi connectivity index (χ3v) is 3.77. The van der Waals surface area contributed by atoms with Crippen LogP contribution in [0.25, 0.3) is 0 Å². The zero-order valence-corrected chi connectivity index (χ0v) is 11.3. The van der Waals surface area contributed by atoms with Gasteiger partial charge in [-0.3, -0.25) is 9.78 Å². The van der Waals surface area contributed by atoms with E-state index in [4.69, 9.17) is 0 Å². The first-order valence-corrected chi connectivity index (χ1v) is 7.04. The molecule has 1 aromatic rings. The molecule has 1 N–H and O–H groups in total. The summed E-state index contributed by atoms with van der Waals surface area (Å²) in [5.41, 5.74) is 0. The summed E-state index contributed by atoms with van der Waals surface area (Å²) in [4.78, 5) is 16.6. The van der Waals surface area contributed by atoms with Crippen molar-refractivity contribution in [3.05, 3.63) is 24.5 Å². The second kappa shape index (κ2) is 8.12. The third kappa shape index (κ3) is 5.73. The lowest BCUT2D eigenvalue weighted by Crippen LogP contribution is -2.30. The highest BCUT2D eigenvalue weighted by Gasteiger charge is 2.06. The standard InChI is InChI=1S/C13H20N2OS/c1-3-11(4-2)9-15-13(16)10-17-12-5-7-14-8-6-12/h5-8,11H,3-4,9-10H2,1-2H3,(H,15,16). The Hall–Kier alpha value is -1.03. The molecular weight excluding hydrogens is 232 g/mol. The van der Waals surface area contributed by atoms with Crippen LogP contribution in [-0.2, 0) is 4.79 Å². The normalized spacial score (nSPS) is 10.5. The summed E-state index contributed by atoms with van der Waals surface area (Å²) >= 11 is 1.54. The molecule has 1 amide bonds. The molecule has 1 rings (SSSR count). The van der Waals surface area contributed by atoms with E-state index in [9.17, 15) is 4.79 Å². The average Bonchev–Trinajstić information content (AvgIpc) is 2.39. The van der Waals surface area contributed by atoms with Crippen molar-refractivity contribution in [3.8, 4) is 0 Å². The number of nitrogens with zero attached hydrogens (tertiary/aromatic N) is 1. The topological polar surface area (TPSA) is 42.0 Å². The van der Waals surface area contributed by atoms with Crippen LogP contribution in [0, 0.1) is 5.92 Å². The first kappa shape index (κ1) is 14.0. The Bertz CT molecular complexity index is 325. The summed E-state index contributed by atoms with van der Waals surface area (Å²) in [6.45, 7) is 5.11. The Balaban J connectivity index is 2.22.